The van der Waals surface area contributed by atoms with E-state index in [1.165, 1.54) is 18.2 Å². The number of halogens is 3. The number of aryl methyl sites for hydroxylation is 1. The molecule has 1 aromatic carbocycles. The van der Waals surface area contributed by atoms with Crippen LogP contribution in [0.2, 0.25) is 0 Å². The summed E-state index contributed by atoms with van der Waals surface area (Å²) in [5.41, 5.74) is 0.477. The van der Waals surface area contributed by atoms with Crippen molar-refractivity contribution in [3.63, 3.8) is 0 Å². The summed E-state index contributed by atoms with van der Waals surface area (Å²) in [6.07, 6.45) is 3.70. The van der Waals surface area contributed by atoms with Crippen LogP contribution in [0.3, 0.4) is 0 Å². The first-order chi connectivity index (χ1) is 22.2. The highest BCUT2D eigenvalue weighted by molar-refractivity contribution is 5.93. The molecule has 2 heterocycles. The van der Waals surface area contributed by atoms with E-state index in [2.05, 4.69) is 22.2 Å². The molecule has 2 unspecified atom stereocenters. The molecule has 5 rings (SSSR count). The van der Waals surface area contributed by atoms with Crippen molar-refractivity contribution in [2.75, 3.05) is 19.7 Å². The fraction of sp³-hybridized carbons (Fsp3) is 0.676. The van der Waals surface area contributed by atoms with Crippen molar-refractivity contribution in [3.05, 3.63) is 34.2 Å². The van der Waals surface area contributed by atoms with E-state index in [1.807, 2.05) is 13.8 Å². The van der Waals surface area contributed by atoms with Gasteiger partial charge in [0, 0.05) is 23.9 Å². The maximum atomic E-state index is 13.1. The number of carbonyl (C=O) groups excluding carboxylic acids is 3. The molecule has 1 spiro atoms. The van der Waals surface area contributed by atoms with E-state index in [0.717, 1.165) is 64.2 Å². The molecule has 3 aliphatic rings. The quantitative estimate of drug-likeness (QED) is 0.257. The van der Waals surface area contributed by atoms with Crippen LogP contribution in [0.5, 0.6) is 5.75 Å². The lowest BCUT2D eigenvalue weighted by Crippen LogP contribution is -2.49. The number of nitrogens with zero attached hydrogens (tertiary/aromatic N) is 2. The van der Waals surface area contributed by atoms with Gasteiger partial charge in [-0.15, -0.1) is 0 Å². The van der Waals surface area contributed by atoms with Gasteiger partial charge in [-0.3, -0.25) is 14.4 Å². The minimum Gasteiger partial charge on any atom is -0.484 e. The van der Waals surface area contributed by atoms with Gasteiger partial charge in [0.05, 0.1) is 17.1 Å². The summed E-state index contributed by atoms with van der Waals surface area (Å²) < 4.78 is 47.9. The van der Waals surface area contributed by atoms with Crippen LogP contribution in [0.1, 0.15) is 90.7 Å². The van der Waals surface area contributed by atoms with Crippen LogP contribution < -0.4 is 15.6 Å². The van der Waals surface area contributed by atoms with Crippen LogP contribution in [-0.2, 0) is 20.7 Å². The normalized spacial score (nSPS) is 23.4. The molecule has 2 aromatic rings. The Morgan fingerprint density at radius 2 is 1.89 bits per heavy atom. The fourth-order valence-corrected chi connectivity index (χ4v) is 7.30. The van der Waals surface area contributed by atoms with Gasteiger partial charge < -0.3 is 24.7 Å². The number of amides is 2. The summed E-state index contributed by atoms with van der Waals surface area (Å²) in [6.45, 7) is 4.76. The number of carbonyl (C=O) groups is 3. The molecule has 1 saturated heterocycles. The van der Waals surface area contributed by atoms with Crippen LogP contribution in [0.4, 0.5) is 18.0 Å². The topological polar surface area (TPSA) is 131 Å². The molecule has 47 heavy (non-hydrogen) atoms. The van der Waals surface area contributed by atoms with Crippen molar-refractivity contribution in [1.82, 2.24) is 20.2 Å². The fourth-order valence-electron chi connectivity index (χ4n) is 7.30. The lowest BCUT2D eigenvalue weighted by molar-refractivity contribution is -0.153. The van der Waals surface area contributed by atoms with E-state index in [4.69, 9.17) is 9.47 Å². The summed E-state index contributed by atoms with van der Waals surface area (Å²) in [7, 11) is 0. The molecule has 1 aliphatic heterocycles. The Balaban J connectivity index is 1.05. The molecule has 2 saturated carbocycles. The van der Waals surface area contributed by atoms with Gasteiger partial charge in [-0.25, -0.2) is 9.78 Å². The number of hydrogen-bond donors (Lipinski definition) is 2. The van der Waals surface area contributed by atoms with Gasteiger partial charge in [0.25, 0.3) is 5.56 Å². The SMILES string of the molecule is CC(C)C(=O)[C@H]1N(C(=O)CNC(=O)OC2CCCC2(C)CCCCCc2nc3ccc(OCC(F)(F)F)cc3[nH]c2=O)CCC12CC2. The first kappa shape index (κ1) is 34.7. The van der Waals surface area contributed by atoms with Crippen molar-refractivity contribution >= 4 is 28.8 Å². The van der Waals surface area contributed by atoms with Gasteiger partial charge in [-0.1, -0.05) is 33.6 Å². The molecule has 3 atom stereocenters. The van der Waals surface area contributed by atoms with Crippen molar-refractivity contribution in [2.24, 2.45) is 16.7 Å². The zero-order chi connectivity index (χ0) is 34.0. The molecule has 2 N–H and O–H groups in total. The number of nitrogens with one attached hydrogen (secondary N) is 2. The molecule has 0 bridgehead atoms. The number of H-pyrrole nitrogens is 1. The maximum Gasteiger partial charge on any atom is 0.422 e. The van der Waals surface area contributed by atoms with Gasteiger partial charge >= 0.3 is 12.3 Å². The summed E-state index contributed by atoms with van der Waals surface area (Å²) in [5.74, 6) is -0.322. The average molecular weight is 663 g/mol. The highest BCUT2D eigenvalue weighted by atomic mass is 19.4. The lowest BCUT2D eigenvalue weighted by Gasteiger charge is -2.31. The number of alkyl carbamates (subject to hydrolysis) is 1. The Labute approximate surface area is 272 Å². The predicted octanol–water partition coefficient (Wildman–Crippen LogP) is 5.86. The Bertz CT molecular complexity index is 1540. The molecular formula is C34H45F3N4O6. The Morgan fingerprint density at radius 3 is 2.60 bits per heavy atom. The zero-order valence-corrected chi connectivity index (χ0v) is 27.3. The predicted molar refractivity (Wildman–Crippen MR) is 168 cm³/mol. The Hall–Kier alpha value is -3.64. The van der Waals surface area contributed by atoms with Crippen LogP contribution in [0, 0.1) is 16.7 Å². The molecule has 2 aliphatic carbocycles. The van der Waals surface area contributed by atoms with Crippen LogP contribution in [0.15, 0.2) is 23.0 Å². The van der Waals surface area contributed by atoms with Crippen LogP contribution in [0.25, 0.3) is 11.0 Å². The van der Waals surface area contributed by atoms with Crippen LogP contribution in [-0.4, -0.2) is 70.7 Å². The molecule has 258 valence electrons. The van der Waals surface area contributed by atoms with Gasteiger partial charge in [0.15, 0.2) is 12.4 Å². The molecular weight excluding hydrogens is 617 g/mol. The number of alkyl halides is 3. The number of hydrogen-bond acceptors (Lipinski definition) is 7. The number of ether oxygens (including phenoxy) is 2. The summed E-state index contributed by atoms with van der Waals surface area (Å²) in [4.78, 5) is 60.1. The third kappa shape index (κ3) is 8.27. The number of Topliss-reactive ketones (excluding diaryl/α,β-unsaturated/α-hetero) is 1. The van der Waals surface area contributed by atoms with Gasteiger partial charge in [0.1, 0.15) is 24.1 Å². The largest absolute Gasteiger partial charge is 0.484 e. The van der Waals surface area contributed by atoms with E-state index in [-0.39, 0.29) is 52.4 Å². The second kappa shape index (κ2) is 13.8. The van der Waals surface area contributed by atoms with Gasteiger partial charge in [0.2, 0.25) is 5.91 Å². The van der Waals surface area contributed by atoms with Gasteiger partial charge in [-0.2, -0.15) is 13.2 Å². The summed E-state index contributed by atoms with van der Waals surface area (Å²) in [6, 6.07) is 3.85. The number of benzene rings is 1. The summed E-state index contributed by atoms with van der Waals surface area (Å²) >= 11 is 0. The highest BCUT2D eigenvalue weighted by Gasteiger charge is 2.59. The molecule has 13 heteroatoms. The second-order valence-electron chi connectivity index (χ2n) is 14.1. The Kier molecular flexibility index (Phi) is 10.2. The average Bonchev–Trinajstić information content (AvgIpc) is 3.56. The van der Waals surface area contributed by atoms with Crippen molar-refractivity contribution in [1.29, 1.82) is 0 Å². The number of aromatic nitrogens is 2. The van der Waals surface area contributed by atoms with E-state index in [9.17, 15) is 32.3 Å². The van der Waals surface area contributed by atoms with Crippen molar-refractivity contribution in [3.8, 4) is 5.75 Å². The van der Waals surface area contributed by atoms with E-state index in [1.54, 1.807) is 4.90 Å². The first-order valence-electron chi connectivity index (χ1n) is 16.7. The van der Waals surface area contributed by atoms with Gasteiger partial charge in [-0.05, 0) is 75.3 Å². The smallest absolute Gasteiger partial charge is 0.422 e. The molecule has 10 nitrogen and oxygen atoms in total. The minimum absolute atomic E-state index is 0.00458. The summed E-state index contributed by atoms with van der Waals surface area (Å²) in [5, 5.41) is 2.63. The number of rotatable bonds is 13. The zero-order valence-electron chi connectivity index (χ0n) is 27.3. The Morgan fingerprint density at radius 1 is 1.13 bits per heavy atom. The number of unbranched alkanes of at least 4 members (excludes halogenated alkanes) is 2. The van der Waals surface area contributed by atoms with E-state index < -0.39 is 24.9 Å². The highest BCUT2D eigenvalue weighted by Crippen LogP contribution is 2.57. The van der Waals surface area contributed by atoms with Crippen molar-refractivity contribution in [2.45, 2.75) is 110 Å². The molecule has 1 aromatic heterocycles. The minimum atomic E-state index is -4.46. The number of ketones is 1. The van der Waals surface area contributed by atoms with E-state index >= 15 is 0 Å². The second-order valence-corrected chi connectivity index (χ2v) is 14.1. The van der Waals surface area contributed by atoms with Crippen molar-refractivity contribution < 1.29 is 37.0 Å². The van der Waals surface area contributed by atoms with E-state index in [0.29, 0.717) is 29.7 Å². The first-order valence-corrected chi connectivity index (χ1v) is 16.7. The lowest BCUT2D eigenvalue weighted by atomic mass is 9.81. The third-order valence-electron chi connectivity index (χ3n) is 10.2. The number of aromatic amines is 1. The number of likely N-dealkylation sites (tertiary alicyclic amines) is 1. The van der Waals surface area contributed by atoms with Crippen LogP contribution >= 0.6 is 0 Å². The maximum absolute atomic E-state index is 13.1. The monoisotopic (exact) mass is 662 g/mol. The molecule has 3 fully saturated rings. The standard InChI is InChI=1S/C34H45F3N4O6/c1-21(2)28(43)29-33(14-15-33)16-17-41(29)27(42)19-38-31(45)47-26-9-7-13-32(26,3)12-6-4-5-8-24-30(44)40-25-18-22(10-11-23(25)39-24)46-20-34(35,36)37/h10-11,18,21,26,29H,4-9,12-17,19-20H2,1-3H3,(H,38,45)(H,40,44)/t26?,29-,32?/m1/s1. The number of fused-ring (bicyclic) bond motifs is 1. The molecule has 0 radical (unpaired) electrons. The molecule has 2 amide bonds. The third-order valence-corrected chi connectivity index (χ3v) is 10.2.